The van der Waals surface area contributed by atoms with Crippen LogP contribution >= 0.6 is 0 Å². The third kappa shape index (κ3) is 1.97. The van der Waals surface area contributed by atoms with Crippen molar-refractivity contribution in [2.24, 2.45) is 0 Å². The smallest absolute Gasteiger partial charge is 0.183 e. The van der Waals surface area contributed by atoms with E-state index in [-0.39, 0.29) is 12.6 Å². The van der Waals surface area contributed by atoms with Crippen LogP contribution in [-0.4, -0.2) is 12.6 Å². The first kappa shape index (κ1) is 7.51. The van der Waals surface area contributed by atoms with E-state index in [1.165, 1.54) is 0 Å². The van der Waals surface area contributed by atoms with E-state index in [0.29, 0.717) is 0 Å². The van der Waals surface area contributed by atoms with Crippen LogP contribution in [0.25, 0.3) is 0 Å². The fraction of sp³-hybridized carbons (Fsp3) is 0.500. The Morgan fingerprint density at radius 2 is 1.90 bits per heavy atom. The predicted octanol–water partition coefficient (Wildman–Crippen LogP) is 1.84. The lowest BCUT2D eigenvalue weighted by Crippen LogP contribution is -2.36. The highest BCUT2D eigenvalue weighted by Gasteiger charge is 2.23. The van der Waals surface area contributed by atoms with Gasteiger partial charge in [-0.2, -0.15) is 0 Å². The van der Waals surface area contributed by atoms with Crippen molar-refractivity contribution in [3.05, 3.63) is 24.3 Å². The van der Waals surface area contributed by atoms with E-state index < -0.39 is 0 Å². The number of hydrogen-bond donors (Lipinski definition) is 0. The largest absolute Gasteiger partial charge is 0.320 e. The summed E-state index contributed by atoms with van der Waals surface area (Å²) in [6.45, 7) is 3.84. The molecule has 0 aliphatic carbocycles. The molecule has 0 aromatic rings. The van der Waals surface area contributed by atoms with E-state index in [2.05, 4.69) is 0 Å². The Labute approximate surface area is 61.1 Å². The summed E-state index contributed by atoms with van der Waals surface area (Å²) >= 11 is 0. The van der Waals surface area contributed by atoms with Gasteiger partial charge in [-0.3, -0.25) is 0 Å². The zero-order chi connectivity index (χ0) is 7.40. The molecular weight excluding hydrogens is 128 g/mol. The van der Waals surface area contributed by atoms with Crippen LogP contribution in [0.15, 0.2) is 24.3 Å². The van der Waals surface area contributed by atoms with E-state index in [1.54, 1.807) is 0 Å². The molecule has 0 aromatic carbocycles. The van der Waals surface area contributed by atoms with Gasteiger partial charge in [-0.15, -0.1) is 0 Å². The molecule has 1 fully saturated rings. The van der Waals surface area contributed by atoms with Crippen molar-refractivity contribution in [1.82, 2.24) is 0 Å². The predicted molar refractivity (Wildman–Crippen MR) is 39.4 cm³/mol. The third-order valence-corrected chi connectivity index (χ3v) is 1.22. The molecule has 0 N–H and O–H groups in total. The third-order valence-electron chi connectivity index (χ3n) is 1.22. The van der Waals surface area contributed by atoms with Crippen LogP contribution < -0.4 is 0 Å². The summed E-state index contributed by atoms with van der Waals surface area (Å²) in [4.78, 5) is 0. The van der Waals surface area contributed by atoms with Crippen molar-refractivity contribution in [2.75, 3.05) is 0 Å². The Kier molecular flexibility index (Phi) is 2.66. The second-order valence-corrected chi connectivity index (χ2v) is 2.12. The Hall–Kier alpha value is -0.600. The number of rotatable bonds is 2. The van der Waals surface area contributed by atoms with Gasteiger partial charge in [-0.25, -0.2) is 0 Å². The van der Waals surface area contributed by atoms with Crippen molar-refractivity contribution in [3.63, 3.8) is 0 Å². The molecule has 56 valence electrons. The summed E-state index contributed by atoms with van der Waals surface area (Å²) < 4.78 is 10.3. The fourth-order valence-electron chi connectivity index (χ4n) is 0.745. The van der Waals surface area contributed by atoms with Gasteiger partial charge in [0.1, 0.15) is 0 Å². The standard InChI is InChI=1S/C8H12O2/c1-3-4-5-6-8-9-7(2)10-8/h3-8H,1-2H3/b4-3+,6-5+. The minimum absolute atomic E-state index is 0.0275. The van der Waals surface area contributed by atoms with Crippen molar-refractivity contribution < 1.29 is 9.47 Å². The highest BCUT2D eigenvalue weighted by molar-refractivity contribution is 5.03. The van der Waals surface area contributed by atoms with E-state index in [1.807, 2.05) is 38.2 Å². The van der Waals surface area contributed by atoms with Gasteiger partial charge in [-0.05, 0) is 19.9 Å². The first-order valence-electron chi connectivity index (χ1n) is 3.43. The normalized spacial score (nSPS) is 33.4. The van der Waals surface area contributed by atoms with Gasteiger partial charge in [-0.1, -0.05) is 18.2 Å². The van der Waals surface area contributed by atoms with Crippen molar-refractivity contribution in [2.45, 2.75) is 26.4 Å². The van der Waals surface area contributed by atoms with E-state index in [4.69, 9.17) is 9.47 Å². The Balaban J connectivity index is 2.15. The molecule has 0 radical (unpaired) electrons. The van der Waals surface area contributed by atoms with Gasteiger partial charge < -0.3 is 9.47 Å². The molecule has 0 aromatic heterocycles. The molecule has 0 spiro atoms. The van der Waals surface area contributed by atoms with Gasteiger partial charge in [0.25, 0.3) is 0 Å². The number of ether oxygens (including phenoxy) is 2. The molecule has 2 heteroatoms. The summed E-state index contributed by atoms with van der Waals surface area (Å²) in [6, 6.07) is 0. The Morgan fingerprint density at radius 3 is 2.40 bits per heavy atom. The molecule has 0 amide bonds. The average Bonchev–Trinajstić information content (AvgIpc) is 1.85. The lowest BCUT2D eigenvalue weighted by Gasteiger charge is -2.31. The fourth-order valence-corrected chi connectivity index (χ4v) is 0.745. The van der Waals surface area contributed by atoms with Gasteiger partial charge in [0.05, 0.1) is 0 Å². The summed E-state index contributed by atoms with van der Waals surface area (Å²) in [7, 11) is 0. The molecule has 1 aliphatic heterocycles. The van der Waals surface area contributed by atoms with Crippen molar-refractivity contribution in [1.29, 1.82) is 0 Å². The zero-order valence-corrected chi connectivity index (χ0v) is 6.28. The van der Waals surface area contributed by atoms with E-state index in [9.17, 15) is 0 Å². The quantitative estimate of drug-likeness (QED) is 0.545. The molecule has 10 heavy (non-hydrogen) atoms. The zero-order valence-electron chi connectivity index (χ0n) is 6.28. The van der Waals surface area contributed by atoms with Crippen LogP contribution in [0.1, 0.15) is 13.8 Å². The highest BCUT2D eigenvalue weighted by Crippen LogP contribution is 2.16. The summed E-state index contributed by atoms with van der Waals surface area (Å²) in [5.74, 6) is 0. The topological polar surface area (TPSA) is 18.5 Å². The van der Waals surface area contributed by atoms with Gasteiger partial charge >= 0.3 is 0 Å². The van der Waals surface area contributed by atoms with Crippen LogP contribution in [0.3, 0.4) is 0 Å². The maximum absolute atomic E-state index is 5.14. The second-order valence-electron chi connectivity index (χ2n) is 2.12. The molecule has 0 atom stereocenters. The first-order valence-corrected chi connectivity index (χ1v) is 3.43. The van der Waals surface area contributed by atoms with Crippen LogP contribution in [0.2, 0.25) is 0 Å². The first-order chi connectivity index (χ1) is 4.83. The maximum Gasteiger partial charge on any atom is 0.183 e. The van der Waals surface area contributed by atoms with Crippen LogP contribution in [0, 0.1) is 0 Å². The minimum atomic E-state index is -0.119. The highest BCUT2D eigenvalue weighted by atomic mass is 16.9. The molecular formula is C8H12O2. The van der Waals surface area contributed by atoms with Gasteiger partial charge in [0, 0.05) is 0 Å². The summed E-state index contributed by atoms with van der Waals surface area (Å²) in [5, 5.41) is 0. The molecule has 1 rings (SSSR count). The molecule has 0 saturated carbocycles. The molecule has 1 aliphatic rings. The lowest BCUT2D eigenvalue weighted by atomic mass is 10.4. The molecule has 2 nitrogen and oxygen atoms in total. The minimum Gasteiger partial charge on any atom is -0.320 e. The molecule has 1 saturated heterocycles. The number of hydrogen-bond acceptors (Lipinski definition) is 2. The van der Waals surface area contributed by atoms with Crippen LogP contribution in [0.4, 0.5) is 0 Å². The van der Waals surface area contributed by atoms with Gasteiger partial charge in [0.15, 0.2) is 12.6 Å². The monoisotopic (exact) mass is 140 g/mol. The van der Waals surface area contributed by atoms with Crippen molar-refractivity contribution >= 4 is 0 Å². The van der Waals surface area contributed by atoms with Crippen LogP contribution in [-0.2, 0) is 9.47 Å². The van der Waals surface area contributed by atoms with E-state index in [0.717, 1.165) is 0 Å². The second kappa shape index (κ2) is 3.54. The summed E-state index contributed by atoms with van der Waals surface area (Å²) in [5.41, 5.74) is 0. The summed E-state index contributed by atoms with van der Waals surface area (Å²) in [6.07, 6.45) is 7.54. The lowest BCUT2D eigenvalue weighted by molar-refractivity contribution is -0.354. The maximum atomic E-state index is 5.14. The molecule has 1 heterocycles. The molecule has 0 bridgehead atoms. The van der Waals surface area contributed by atoms with Crippen molar-refractivity contribution in [3.8, 4) is 0 Å². The SMILES string of the molecule is C/C=C/C=C/C1OC(C)O1. The Bertz CT molecular complexity index is 143. The van der Waals surface area contributed by atoms with Gasteiger partial charge in [0.2, 0.25) is 0 Å². The van der Waals surface area contributed by atoms with E-state index >= 15 is 0 Å². The van der Waals surface area contributed by atoms with Crippen LogP contribution in [0.5, 0.6) is 0 Å². The molecule has 0 unspecified atom stereocenters. The average molecular weight is 140 g/mol. The number of allylic oxidation sites excluding steroid dienone is 3. The Morgan fingerprint density at radius 1 is 1.20 bits per heavy atom.